The summed E-state index contributed by atoms with van der Waals surface area (Å²) in [5.41, 5.74) is 1.36. The van der Waals surface area contributed by atoms with Gasteiger partial charge in [-0.15, -0.1) is 0 Å². The van der Waals surface area contributed by atoms with E-state index in [9.17, 15) is 13.2 Å². The number of esters is 1. The van der Waals surface area contributed by atoms with Crippen LogP contribution in [0.15, 0.2) is 51.8 Å². The largest absolute Gasteiger partial charge is 0.465 e. The van der Waals surface area contributed by atoms with Gasteiger partial charge in [0.05, 0.1) is 17.6 Å². The van der Waals surface area contributed by atoms with Crippen molar-refractivity contribution in [2.24, 2.45) is 0 Å². The average Bonchev–Trinajstić information content (AvgIpc) is 2.49. The molecular formula is C15H14BrNO4S. The van der Waals surface area contributed by atoms with E-state index in [0.717, 1.165) is 0 Å². The lowest BCUT2D eigenvalue weighted by molar-refractivity contribution is 0.0601. The number of carbonyl (C=O) groups excluding carboxylic acids is 1. The van der Waals surface area contributed by atoms with Gasteiger partial charge in [-0.3, -0.25) is 4.72 Å². The van der Waals surface area contributed by atoms with E-state index in [1.165, 1.54) is 31.4 Å². The molecule has 7 heteroatoms. The van der Waals surface area contributed by atoms with Crippen LogP contribution in [0.3, 0.4) is 0 Å². The molecule has 0 amide bonds. The summed E-state index contributed by atoms with van der Waals surface area (Å²) in [6, 6.07) is 11.1. The molecule has 0 aromatic heterocycles. The van der Waals surface area contributed by atoms with Crippen LogP contribution in [-0.2, 0) is 14.8 Å². The number of methoxy groups -OCH3 is 1. The van der Waals surface area contributed by atoms with Gasteiger partial charge in [0.15, 0.2) is 0 Å². The Morgan fingerprint density at radius 3 is 2.36 bits per heavy atom. The van der Waals surface area contributed by atoms with E-state index in [2.05, 4.69) is 25.4 Å². The van der Waals surface area contributed by atoms with Gasteiger partial charge in [-0.1, -0.05) is 22.0 Å². The molecule has 0 aliphatic heterocycles. The van der Waals surface area contributed by atoms with Crippen molar-refractivity contribution in [1.29, 1.82) is 0 Å². The lowest BCUT2D eigenvalue weighted by atomic mass is 10.2. The van der Waals surface area contributed by atoms with Gasteiger partial charge in [0.25, 0.3) is 10.0 Å². The number of aryl methyl sites for hydroxylation is 1. The number of ether oxygens (including phenoxy) is 1. The summed E-state index contributed by atoms with van der Waals surface area (Å²) < 4.78 is 32.6. The van der Waals surface area contributed by atoms with Crippen LogP contribution in [0.4, 0.5) is 5.69 Å². The smallest absolute Gasteiger partial charge is 0.337 e. The van der Waals surface area contributed by atoms with E-state index in [-0.39, 0.29) is 4.90 Å². The highest BCUT2D eigenvalue weighted by molar-refractivity contribution is 9.10. The Kier molecular flexibility index (Phi) is 4.87. The first-order valence-electron chi connectivity index (χ1n) is 6.31. The minimum atomic E-state index is -3.70. The second kappa shape index (κ2) is 6.50. The standard InChI is InChI=1S/C15H14BrNO4S/c1-10-3-6-12(16)9-14(10)22(19,20)17-13-7-4-11(5-8-13)15(18)21-2/h3-9,17H,1-2H3. The van der Waals surface area contributed by atoms with E-state index in [4.69, 9.17) is 0 Å². The van der Waals surface area contributed by atoms with Crippen molar-refractivity contribution < 1.29 is 17.9 Å². The molecule has 0 aliphatic rings. The number of anilines is 1. The summed E-state index contributed by atoms with van der Waals surface area (Å²) in [6.45, 7) is 1.72. The first-order chi connectivity index (χ1) is 10.3. The van der Waals surface area contributed by atoms with Gasteiger partial charge in [-0.2, -0.15) is 0 Å². The van der Waals surface area contributed by atoms with Crippen LogP contribution in [0.5, 0.6) is 0 Å². The van der Waals surface area contributed by atoms with Crippen molar-refractivity contribution >= 4 is 37.6 Å². The Hall–Kier alpha value is -1.86. The summed E-state index contributed by atoms with van der Waals surface area (Å²) >= 11 is 3.26. The quantitative estimate of drug-likeness (QED) is 0.821. The van der Waals surface area contributed by atoms with Crippen molar-refractivity contribution in [3.05, 3.63) is 58.1 Å². The molecule has 1 N–H and O–H groups in total. The molecule has 5 nitrogen and oxygen atoms in total. The maximum Gasteiger partial charge on any atom is 0.337 e. The molecule has 22 heavy (non-hydrogen) atoms. The van der Waals surface area contributed by atoms with Crippen molar-refractivity contribution in [2.45, 2.75) is 11.8 Å². The lowest BCUT2D eigenvalue weighted by Crippen LogP contribution is -2.14. The van der Waals surface area contributed by atoms with Crippen LogP contribution < -0.4 is 4.72 Å². The maximum atomic E-state index is 12.4. The molecule has 0 aliphatic carbocycles. The van der Waals surface area contributed by atoms with E-state index in [1.807, 2.05) is 0 Å². The molecule has 2 aromatic carbocycles. The third-order valence-corrected chi connectivity index (χ3v) is 5.01. The molecule has 0 atom stereocenters. The van der Waals surface area contributed by atoms with Crippen LogP contribution in [0.2, 0.25) is 0 Å². The van der Waals surface area contributed by atoms with Crippen molar-refractivity contribution in [3.8, 4) is 0 Å². The van der Waals surface area contributed by atoms with Crippen molar-refractivity contribution in [1.82, 2.24) is 0 Å². The summed E-state index contributed by atoms with van der Waals surface area (Å²) in [6.07, 6.45) is 0. The highest BCUT2D eigenvalue weighted by Gasteiger charge is 2.17. The molecule has 116 valence electrons. The van der Waals surface area contributed by atoms with Crippen LogP contribution in [-0.4, -0.2) is 21.5 Å². The molecule has 0 saturated carbocycles. The van der Waals surface area contributed by atoms with Gasteiger partial charge in [-0.05, 0) is 48.9 Å². The molecule has 0 unspecified atom stereocenters. The molecule has 0 bridgehead atoms. The number of carbonyl (C=O) groups is 1. The van der Waals surface area contributed by atoms with Gasteiger partial charge in [0.1, 0.15) is 0 Å². The first kappa shape index (κ1) is 16.5. The Labute approximate surface area is 137 Å². The third-order valence-electron chi connectivity index (χ3n) is 3.00. The predicted molar refractivity (Wildman–Crippen MR) is 87.5 cm³/mol. The summed E-state index contributed by atoms with van der Waals surface area (Å²) in [7, 11) is -2.41. The number of rotatable bonds is 4. The summed E-state index contributed by atoms with van der Waals surface area (Å²) in [5, 5.41) is 0. The van der Waals surface area contributed by atoms with Gasteiger partial charge < -0.3 is 4.74 Å². The molecule has 2 rings (SSSR count). The fraction of sp³-hybridized carbons (Fsp3) is 0.133. The number of nitrogens with one attached hydrogen (secondary N) is 1. The first-order valence-corrected chi connectivity index (χ1v) is 8.58. The Morgan fingerprint density at radius 2 is 1.77 bits per heavy atom. The second-order valence-electron chi connectivity index (χ2n) is 4.58. The highest BCUT2D eigenvalue weighted by atomic mass is 79.9. The van der Waals surface area contributed by atoms with Crippen LogP contribution in [0, 0.1) is 6.92 Å². The van der Waals surface area contributed by atoms with E-state index in [0.29, 0.717) is 21.3 Å². The van der Waals surface area contributed by atoms with Crippen LogP contribution >= 0.6 is 15.9 Å². The van der Waals surface area contributed by atoms with Gasteiger partial charge in [-0.25, -0.2) is 13.2 Å². The fourth-order valence-corrected chi connectivity index (χ4v) is 3.71. The molecule has 0 spiro atoms. The predicted octanol–water partition coefficient (Wildman–Crippen LogP) is 3.34. The summed E-state index contributed by atoms with van der Waals surface area (Å²) in [5.74, 6) is -0.475. The molecule has 0 saturated heterocycles. The minimum Gasteiger partial charge on any atom is -0.465 e. The van der Waals surface area contributed by atoms with Gasteiger partial charge >= 0.3 is 5.97 Å². The lowest BCUT2D eigenvalue weighted by Gasteiger charge is -2.11. The topological polar surface area (TPSA) is 72.5 Å². The van der Waals surface area contributed by atoms with E-state index >= 15 is 0 Å². The fourth-order valence-electron chi connectivity index (χ4n) is 1.87. The average molecular weight is 384 g/mol. The number of hydrogen-bond donors (Lipinski definition) is 1. The summed E-state index contributed by atoms with van der Waals surface area (Å²) in [4.78, 5) is 11.5. The zero-order valence-corrected chi connectivity index (χ0v) is 14.4. The molecule has 2 aromatic rings. The Bertz CT molecular complexity index is 801. The Balaban J connectivity index is 2.29. The zero-order valence-electron chi connectivity index (χ0n) is 12.0. The normalized spacial score (nSPS) is 11.0. The number of halogens is 1. The van der Waals surface area contributed by atoms with Gasteiger partial charge in [0.2, 0.25) is 0 Å². The highest BCUT2D eigenvalue weighted by Crippen LogP contribution is 2.23. The van der Waals surface area contributed by atoms with E-state index < -0.39 is 16.0 Å². The van der Waals surface area contributed by atoms with Crippen LogP contribution in [0.25, 0.3) is 0 Å². The maximum absolute atomic E-state index is 12.4. The van der Waals surface area contributed by atoms with Crippen LogP contribution in [0.1, 0.15) is 15.9 Å². The van der Waals surface area contributed by atoms with E-state index in [1.54, 1.807) is 25.1 Å². The minimum absolute atomic E-state index is 0.193. The second-order valence-corrected chi connectivity index (χ2v) is 7.15. The zero-order chi connectivity index (χ0) is 16.3. The SMILES string of the molecule is COC(=O)c1ccc(NS(=O)(=O)c2cc(Br)ccc2C)cc1. The van der Waals surface area contributed by atoms with Crippen molar-refractivity contribution in [3.63, 3.8) is 0 Å². The molecule has 0 fully saturated rings. The monoisotopic (exact) mass is 383 g/mol. The van der Waals surface area contributed by atoms with Gasteiger partial charge in [0, 0.05) is 10.2 Å². The number of benzene rings is 2. The molecular weight excluding hydrogens is 370 g/mol. The molecule has 0 heterocycles. The number of hydrogen-bond acceptors (Lipinski definition) is 4. The molecule has 0 radical (unpaired) electrons. The third kappa shape index (κ3) is 3.66. The van der Waals surface area contributed by atoms with Crippen molar-refractivity contribution in [2.75, 3.05) is 11.8 Å². The number of sulfonamides is 1. The Morgan fingerprint density at radius 1 is 1.14 bits per heavy atom.